The van der Waals surface area contributed by atoms with Crippen molar-refractivity contribution in [2.75, 3.05) is 6.54 Å². The summed E-state index contributed by atoms with van der Waals surface area (Å²) in [5.74, 6) is 0.0304. The largest absolute Gasteiger partial charge is 0.388 e. The third-order valence-corrected chi connectivity index (χ3v) is 2.41. The summed E-state index contributed by atoms with van der Waals surface area (Å²) in [6.07, 6.45) is 2.75. The highest BCUT2D eigenvalue weighted by Gasteiger charge is 2.22. The maximum atomic E-state index is 11.1. The van der Waals surface area contributed by atoms with Crippen LogP contribution in [0, 0.1) is 0 Å². The fraction of sp³-hybridized carbons (Fsp3) is 0.900. The first-order chi connectivity index (χ1) is 6.08. The third kappa shape index (κ3) is 4.88. The highest BCUT2D eigenvalue weighted by Crippen LogP contribution is 2.12. The summed E-state index contributed by atoms with van der Waals surface area (Å²) in [6.45, 7) is 6.19. The summed E-state index contributed by atoms with van der Waals surface area (Å²) in [7, 11) is 0. The topological polar surface area (TPSA) is 49.3 Å². The Balaban J connectivity index is 3.78. The van der Waals surface area contributed by atoms with Gasteiger partial charge in [-0.2, -0.15) is 0 Å². The predicted molar refractivity (Wildman–Crippen MR) is 53.4 cm³/mol. The van der Waals surface area contributed by atoms with Crippen LogP contribution in [0.25, 0.3) is 0 Å². The zero-order valence-corrected chi connectivity index (χ0v) is 8.89. The maximum absolute atomic E-state index is 11.1. The monoisotopic (exact) mass is 187 g/mol. The number of amides is 1. The molecule has 0 saturated heterocycles. The Morgan fingerprint density at radius 3 is 2.23 bits per heavy atom. The molecule has 0 aliphatic rings. The van der Waals surface area contributed by atoms with E-state index in [4.69, 9.17) is 0 Å². The van der Waals surface area contributed by atoms with E-state index in [-0.39, 0.29) is 5.91 Å². The molecule has 0 heterocycles. The Kier molecular flexibility index (Phi) is 5.71. The van der Waals surface area contributed by atoms with E-state index in [2.05, 4.69) is 5.32 Å². The molecule has 3 nitrogen and oxygen atoms in total. The van der Waals surface area contributed by atoms with E-state index < -0.39 is 5.60 Å². The van der Waals surface area contributed by atoms with E-state index in [1.807, 2.05) is 20.8 Å². The van der Waals surface area contributed by atoms with Gasteiger partial charge in [-0.3, -0.25) is 4.79 Å². The Bertz CT molecular complexity index is 153. The van der Waals surface area contributed by atoms with Gasteiger partial charge in [0.1, 0.15) is 0 Å². The van der Waals surface area contributed by atoms with E-state index in [0.29, 0.717) is 25.8 Å². The van der Waals surface area contributed by atoms with Gasteiger partial charge in [0.25, 0.3) is 0 Å². The van der Waals surface area contributed by atoms with Gasteiger partial charge in [-0.05, 0) is 19.3 Å². The van der Waals surface area contributed by atoms with Gasteiger partial charge in [0.2, 0.25) is 5.91 Å². The summed E-state index contributed by atoms with van der Waals surface area (Å²) in [5, 5.41) is 12.6. The van der Waals surface area contributed by atoms with Crippen molar-refractivity contribution in [3.8, 4) is 0 Å². The van der Waals surface area contributed by atoms with Crippen molar-refractivity contribution in [1.29, 1.82) is 0 Å². The summed E-state index contributed by atoms with van der Waals surface area (Å²) < 4.78 is 0. The molecule has 1 amide bonds. The van der Waals surface area contributed by atoms with Crippen molar-refractivity contribution in [2.24, 2.45) is 0 Å². The fourth-order valence-electron chi connectivity index (χ4n) is 1.08. The van der Waals surface area contributed by atoms with E-state index in [1.54, 1.807) is 0 Å². The molecule has 0 saturated carbocycles. The second-order valence-corrected chi connectivity index (χ2v) is 3.46. The number of nitrogens with one attached hydrogen (secondary N) is 1. The normalized spacial score (nSPS) is 11.4. The zero-order valence-electron chi connectivity index (χ0n) is 8.89. The average molecular weight is 187 g/mol. The molecule has 0 atom stereocenters. The summed E-state index contributed by atoms with van der Waals surface area (Å²) >= 11 is 0. The number of carbonyl (C=O) groups excluding carboxylic acids is 1. The lowest BCUT2D eigenvalue weighted by molar-refractivity contribution is -0.122. The highest BCUT2D eigenvalue weighted by molar-refractivity contribution is 5.75. The van der Waals surface area contributed by atoms with Gasteiger partial charge < -0.3 is 10.4 Å². The van der Waals surface area contributed by atoms with Gasteiger partial charge in [-0.15, -0.1) is 0 Å². The van der Waals surface area contributed by atoms with Crippen LogP contribution in [0.1, 0.15) is 46.5 Å². The Morgan fingerprint density at radius 2 is 1.85 bits per heavy atom. The van der Waals surface area contributed by atoms with Gasteiger partial charge in [-0.25, -0.2) is 0 Å². The lowest BCUT2D eigenvalue weighted by Crippen LogP contribution is -2.41. The van der Waals surface area contributed by atoms with Crippen LogP contribution in [0.3, 0.4) is 0 Å². The summed E-state index contributed by atoms with van der Waals surface area (Å²) in [5.41, 5.74) is -0.719. The second kappa shape index (κ2) is 5.97. The molecule has 3 heteroatoms. The summed E-state index contributed by atoms with van der Waals surface area (Å²) in [4.78, 5) is 11.1. The molecular weight excluding hydrogens is 166 g/mol. The molecule has 0 spiro atoms. The Hall–Kier alpha value is -0.570. The first-order valence-corrected chi connectivity index (χ1v) is 5.07. The number of carbonyl (C=O) groups is 1. The van der Waals surface area contributed by atoms with Crippen LogP contribution in [0.5, 0.6) is 0 Å². The van der Waals surface area contributed by atoms with Crippen molar-refractivity contribution in [1.82, 2.24) is 5.32 Å². The first kappa shape index (κ1) is 12.4. The van der Waals surface area contributed by atoms with Crippen LogP contribution >= 0.6 is 0 Å². The lowest BCUT2D eigenvalue weighted by Gasteiger charge is -2.25. The van der Waals surface area contributed by atoms with Crippen LogP contribution in [-0.2, 0) is 4.79 Å². The van der Waals surface area contributed by atoms with Crippen molar-refractivity contribution in [2.45, 2.75) is 52.1 Å². The smallest absolute Gasteiger partial charge is 0.220 e. The SMILES string of the molecule is CCCC(=O)NCC(O)(CC)CC. The highest BCUT2D eigenvalue weighted by atomic mass is 16.3. The van der Waals surface area contributed by atoms with Crippen LogP contribution in [0.15, 0.2) is 0 Å². The van der Waals surface area contributed by atoms with Gasteiger partial charge in [-0.1, -0.05) is 20.8 Å². The standard InChI is InChI=1S/C10H21NO2/c1-4-7-9(12)11-8-10(13,5-2)6-3/h13H,4-8H2,1-3H3,(H,11,12). The molecule has 0 aromatic rings. The van der Waals surface area contributed by atoms with Gasteiger partial charge >= 0.3 is 0 Å². The number of aliphatic hydroxyl groups is 1. The van der Waals surface area contributed by atoms with Crippen molar-refractivity contribution < 1.29 is 9.90 Å². The van der Waals surface area contributed by atoms with E-state index in [9.17, 15) is 9.90 Å². The molecule has 0 unspecified atom stereocenters. The van der Waals surface area contributed by atoms with Crippen molar-refractivity contribution >= 4 is 5.91 Å². The van der Waals surface area contributed by atoms with Crippen LogP contribution in [0.4, 0.5) is 0 Å². The third-order valence-electron chi connectivity index (χ3n) is 2.41. The summed E-state index contributed by atoms with van der Waals surface area (Å²) in [6, 6.07) is 0. The van der Waals surface area contributed by atoms with Gasteiger partial charge in [0.15, 0.2) is 0 Å². The molecule has 0 aromatic heterocycles. The minimum atomic E-state index is -0.719. The Labute approximate surface area is 80.5 Å². The van der Waals surface area contributed by atoms with E-state index in [0.717, 1.165) is 6.42 Å². The van der Waals surface area contributed by atoms with Crippen LogP contribution in [-0.4, -0.2) is 23.2 Å². The molecule has 0 aliphatic heterocycles. The van der Waals surface area contributed by atoms with Crippen LogP contribution in [0.2, 0.25) is 0 Å². The van der Waals surface area contributed by atoms with Gasteiger partial charge in [0.05, 0.1) is 5.60 Å². The fourth-order valence-corrected chi connectivity index (χ4v) is 1.08. The zero-order chi connectivity index (χ0) is 10.3. The molecule has 0 aromatic carbocycles. The molecular formula is C10H21NO2. The predicted octanol–water partition coefficient (Wildman–Crippen LogP) is 1.45. The van der Waals surface area contributed by atoms with E-state index in [1.165, 1.54) is 0 Å². The second-order valence-electron chi connectivity index (χ2n) is 3.46. The average Bonchev–Trinajstić information content (AvgIpc) is 2.15. The van der Waals surface area contributed by atoms with E-state index >= 15 is 0 Å². The minimum absolute atomic E-state index is 0.0304. The molecule has 0 fully saturated rings. The first-order valence-electron chi connectivity index (χ1n) is 5.07. The van der Waals surface area contributed by atoms with Crippen molar-refractivity contribution in [3.05, 3.63) is 0 Å². The number of hydrogen-bond donors (Lipinski definition) is 2. The molecule has 0 rings (SSSR count). The number of hydrogen-bond acceptors (Lipinski definition) is 2. The maximum Gasteiger partial charge on any atom is 0.220 e. The molecule has 13 heavy (non-hydrogen) atoms. The molecule has 2 N–H and O–H groups in total. The lowest BCUT2D eigenvalue weighted by atomic mass is 9.97. The quantitative estimate of drug-likeness (QED) is 0.661. The van der Waals surface area contributed by atoms with Gasteiger partial charge in [0, 0.05) is 13.0 Å². The van der Waals surface area contributed by atoms with Crippen molar-refractivity contribution in [3.63, 3.8) is 0 Å². The molecule has 0 aliphatic carbocycles. The number of rotatable bonds is 6. The molecule has 0 radical (unpaired) electrons. The van der Waals surface area contributed by atoms with Crippen LogP contribution < -0.4 is 5.32 Å². The molecule has 0 bridgehead atoms. The Morgan fingerprint density at radius 1 is 1.31 bits per heavy atom. The minimum Gasteiger partial charge on any atom is -0.388 e. The molecule has 78 valence electrons.